The third-order valence-electron chi connectivity index (χ3n) is 3.86. The lowest BCUT2D eigenvalue weighted by Gasteiger charge is -2.09. The van der Waals surface area contributed by atoms with Crippen LogP contribution in [-0.2, 0) is 10.0 Å². The van der Waals surface area contributed by atoms with Crippen molar-refractivity contribution < 1.29 is 13.2 Å². The van der Waals surface area contributed by atoms with Crippen LogP contribution in [0.5, 0.6) is 0 Å². The number of aromatic nitrogens is 2. The quantitative estimate of drug-likeness (QED) is 0.388. The van der Waals surface area contributed by atoms with Crippen molar-refractivity contribution in [3.63, 3.8) is 0 Å². The van der Waals surface area contributed by atoms with Gasteiger partial charge in [-0.05, 0) is 38.4 Å². The lowest BCUT2D eigenvalue weighted by atomic mass is 10.3. The van der Waals surface area contributed by atoms with Crippen molar-refractivity contribution in [2.75, 3.05) is 38.2 Å². The molecular weight excluding hydrogens is 446 g/mol. The van der Waals surface area contributed by atoms with E-state index in [1.165, 1.54) is 34.8 Å². The zero-order valence-electron chi connectivity index (χ0n) is 16.2. The molecule has 0 fully saturated rings. The standard InChI is InChI=1S/C17H21N7O3S3/c1-24(2)8-7-20-15(25)12-9-28-16(22-12)13-14(18)23-17(29-13)21-10-3-5-11(6-4-10)30(19,26)27/h3-6,9H,7-8,18H2,1-2H3,(H,20,25)(H,21,23)(H2,19,26,27). The topological polar surface area (TPSA) is 156 Å². The van der Waals surface area contributed by atoms with Gasteiger partial charge in [0.2, 0.25) is 10.0 Å². The number of nitrogen functional groups attached to an aromatic ring is 1. The first-order valence-electron chi connectivity index (χ1n) is 8.68. The number of benzene rings is 1. The van der Waals surface area contributed by atoms with Crippen LogP contribution < -0.4 is 21.5 Å². The van der Waals surface area contributed by atoms with Crippen molar-refractivity contribution in [2.24, 2.45) is 5.14 Å². The Kier molecular flexibility index (Phi) is 6.67. The molecule has 0 bridgehead atoms. The second-order valence-corrected chi connectivity index (χ2v) is 9.94. The van der Waals surface area contributed by atoms with Crippen LogP contribution >= 0.6 is 22.7 Å². The number of anilines is 3. The van der Waals surface area contributed by atoms with E-state index in [4.69, 9.17) is 10.9 Å². The number of nitrogens with two attached hydrogens (primary N) is 2. The van der Waals surface area contributed by atoms with Crippen LogP contribution in [0.25, 0.3) is 9.88 Å². The molecule has 6 N–H and O–H groups in total. The molecule has 0 spiro atoms. The van der Waals surface area contributed by atoms with Crippen molar-refractivity contribution >= 4 is 55.2 Å². The predicted molar refractivity (Wildman–Crippen MR) is 120 cm³/mol. The van der Waals surface area contributed by atoms with Gasteiger partial charge in [0.25, 0.3) is 5.91 Å². The van der Waals surface area contributed by atoms with E-state index < -0.39 is 10.0 Å². The first kappa shape index (κ1) is 22.1. The van der Waals surface area contributed by atoms with Crippen LogP contribution in [0.1, 0.15) is 10.5 Å². The molecule has 0 aliphatic rings. The molecule has 1 amide bonds. The lowest BCUT2D eigenvalue weighted by Crippen LogP contribution is -2.31. The number of likely N-dealkylation sites (N-methyl/N-ethyl adjacent to an activating group) is 1. The van der Waals surface area contributed by atoms with E-state index in [9.17, 15) is 13.2 Å². The fourth-order valence-corrected chi connectivity index (χ4v) is 4.68. The summed E-state index contributed by atoms with van der Waals surface area (Å²) in [6.45, 7) is 1.26. The van der Waals surface area contributed by atoms with Gasteiger partial charge in [-0.3, -0.25) is 4.79 Å². The Labute approximate surface area is 182 Å². The molecule has 0 unspecified atom stereocenters. The summed E-state index contributed by atoms with van der Waals surface area (Å²) in [5.41, 5.74) is 6.99. The van der Waals surface area contributed by atoms with Crippen LogP contribution in [0.4, 0.5) is 16.6 Å². The van der Waals surface area contributed by atoms with Crippen molar-refractivity contribution in [1.82, 2.24) is 20.2 Å². The van der Waals surface area contributed by atoms with E-state index in [0.29, 0.717) is 32.9 Å². The molecule has 3 aromatic rings. The van der Waals surface area contributed by atoms with Gasteiger partial charge in [-0.15, -0.1) is 11.3 Å². The minimum Gasteiger partial charge on any atom is -0.382 e. The van der Waals surface area contributed by atoms with Crippen LogP contribution in [0.2, 0.25) is 0 Å². The smallest absolute Gasteiger partial charge is 0.270 e. The number of hydrogen-bond acceptors (Lipinski definition) is 10. The fraction of sp³-hybridized carbons (Fsp3) is 0.235. The summed E-state index contributed by atoms with van der Waals surface area (Å²) in [6.07, 6.45) is 0. The lowest BCUT2D eigenvalue weighted by molar-refractivity contribution is 0.0947. The highest BCUT2D eigenvalue weighted by molar-refractivity contribution is 7.89. The molecule has 0 saturated heterocycles. The highest BCUT2D eigenvalue weighted by Crippen LogP contribution is 2.37. The largest absolute Gasteiger partial charge is 0.382 e. The van der Waals surface area contributed by atoms with Crippen molar-refractivity contribution in [1.29, 1.82) is 0 Å². The Morgan fingerprint density at radius 2 is 1.90 bits per heavy atom. The molecule has 3 rings (SSSR count). The van der Waals surface area contributed by atoms with E-state index >= 15 is 0 Å². The summed E-state index contributed by atoms with van der Waals surface area (Å²) in [5.74, 6) is 0.0494. The number of primary sulfonamides is 1. The highest BCUT2D eigenvalue weighted by atomic mass is 32.2. The van der Waals surface area contributed by atoms with Gasteiger partial charge in [-0.25, -0.2) is 23.5 Å². The second-order valence-electron chi connectivity index (χ2n) is 6.52. The van der Waals surface area contributed by atoms with Gasteiger partial charge in [0.1, 0.15) is 21.4 Å². The normalized spacial score (nSPS) is 11.6. The molecule has 0 aliphatic carbocycles. The van der Waals surface area contributed by atoms with Crippen LogP contribution in [0.15, 0.2) is 34.5 Å². The zero-order chi connectivity index (χ0) is 21.9. The maximum atomic E-state index is 12.2. The van der Waals surface area contributed by atoms with Gasteiger partial charge >= 0.3 is 0 Å². The van der Waals surface area contributed by atoms with Gasteiger partial charge in [0, 0.05) is 24.2 Å². The summed E-state index contributed by atoms with van der Waals surface area (Å²) in [5, 5.41) is 13.8. The Morgan fingerprint density at radius 3 is 2.53 bits per heavy atom. The Bertz CT molecular complexity index is 1140. The number of amides is 1. The van der Waals surface area contributed by atoms with Gasteiger partial charge < -0.3 is 21.3 Å². The minimum atomic E-state index is -3.75. The van der Waals surface area contributed by atoms with Gasteiger partial charge in [0.15, 0.2) is 5.13 Å². The molecule has 30 heavy (non-hydrogen) atoms. The highest BCUT2D eigenvalue weighted by Gasteiger charge is 2.17. The van der Waals surface area contributed by atoms with Crippen molar-refractivity contribution in [3.8, 4) is 9.88 Å². The predicted octanol–water partition coefficient (Wildman–Crippen LogP) is 1.53. The van der Waals surface area contributed by atoms with Crippen LogP contribution in [0, 0.1) is 0 Å². The first-order valence-corrected chi connectivity index (χ1v) is 11.9. The van der Waals surface area contributed by atoms with E-state index in [0.717, 1.165) is 6.54 Å². The molecule has 0 radical (unpaired) electrons. The van der Waals surface area contributed by atoms with Gasteiger partial charge in [-0.1, -0.05) is 11.3 Å². The van der Waals surface area contributed by atoms with Crippen molar-refractivity contribution in [2.45, 2.75) is 4.90 Å². The number of nitrogens with zero attached hydrogens (tertiary/aromatic N) is 3. The Balaban J connectivity index is 1.70. The van der Waals surface area contributed by atoms with Gasteiger partial charge in [-0.2, -0.15) is 0 Å². The Morgan fingerprint density at radius 1 is 1.20 bits per heavy atom. The molecule has 0 saturated carbocycles. The Hall–Kier alpha value is -2.58. The third-order valence-corrected chi connectivity index (χ3v) is 6.77. The number of carbonyl (C=O) groups is 1. The first-order chi connectivity index (χ1) is 14.1. The summed E-state index contributed by atoms with van der Waals surface area (Å²) >= 11 is 2.59. The maximum absolute atomic E-state index is 12.2. The summed E-state index contributed by atoms with van der Waals surface area (Å²) < 4.78 is 22.7. The molecule has 2 aromatic heterocycles. The van der Waals surface area contributed by atoms with Crippen LogP contribution in [-0.4, -0.2) is 56.4 Å². The molecule has 13 heteroatoms. The van der Waals surface area contributed by atoms with Crippen LogP contribution in [0.3, 0.4) is 0 Å². The number of thiazole rings is 2. The molecule has 0 atom stereocenters. The molecule has 0 aliphatic heterocycles. The van der Waals surface area contributed by atoms with E-state index in [2.05, 4.69) is 20.6 Å². The number of nitrogens with one attached hydrogen (secondary N) is 2. The monoisotopic (exact) mass is 467 g/mol. The van der Waals surface area contributed by atoms with E-state index in [-0.39, 0.29) is 16.6 Å². The average molecular weight is 468 g/mol. The number of carbonyl (C=O) groups excluding carboxylic acids is 1. The van der Waals surface area contributed by atoms with Gasteiger partial charge in [0.05, 0.1) is 4.90 Å². The summed E-state index contributed by atoms with van der Waals surface area (Å²) in [4.78, 5) is 23.5. The number of sulfonamides is 1. The SMILES string of the molecule is CN(C)CCNC(=O)c1csc(-c2sc(Nc3ccc(S(N)(=O)=O)cc3)nc2N)n1. The average Bonchev–Trinajstić information content (AvgIpc) is 3.28. The molecule has 160 valence electrons. The number of hydrogen-bond donors (Lipinski definition) is 4. The van der Waals surface area contributed by atoms with Crippen molar-refractivity contribution in [3.05, 3.63) is 35.3 Å². The second kappa shape index (κ2) is 9.06. The molecular formula is C17H21N7O3S3. The number of rotatable bonds is 8. The molecule has 10 nitrogen and oxygen atoms in total. The molecule has 2 heterocycles. The third kappa shape index (κ3) is 5.52. The maximum Gasteiger partial charge on any atom is 0.270 e. The minimum absolute atomic E-state index is 0.0200. The fourth-order valence-electron chi connectivity index (χ4n) is 2.36. The summed E-state index contributed by atoms with van der Waals surface area (Å²) in [6, 6.07) is 5.96. The van der Waals surface area contributed by atoms with E-state index in [1.807, 2.05) is 19.0 Å². The van der Waals surface area contributed by atoms with E-state index in [1.54, 1.807) is 17.5 Å². The molecule has 1 aromatic carbocycles. The summed E-state index contributed by atoms with van der Waals surface area (Å²) in [7, 11) is 0.112. The zero-order valence-corrected chi connectivity index (χ0v) is 18.7.